The summed E-state index contributed by atoms with van der Waals surface area (Å²) in [5.74, 6) is 0. The minimum absolute atomic E-state index is 0.849. The molecule has 4 N–H and O–H groups in total. The molecule has 0 amide bonds. The van der Waals surface area contributed by atoms with E-state index in [1.807, 2.05) is 18.2 Å². The molecule has 2 aromatic rings. The fraction of sp³-hybridized carbons (Fsp3) is 0.143. The van der Waals surface area contributed by atoms with Gasteiger partial charge < -0.3 is 11.5 Å². The number of hydrogen-bond acceptors (Lipinski definition) is 2. The van der Waals surface area contributed by atoms with E-state index in [0.29, 0.717) is 0 Å². The minimum atomic E-state index is -0.849. The molecule has 2 nitrogen and oxygen atoms in total. The van der Waals surface area contributed by atoms with Gasteiger partial charge in [-0.25, -0.2) is 0 Å². The summed E-state index contributed by atoms with van der Waals surface area (Å²) in [6, 6.07) is 14.4. The van der Waals surface area contributed by atoms with Crippen LogP contribution in [0.2, 0.25) is 0 Å². The Morgan fingerprint density at radius 1 is 0.875 bits per heavy atom. The van der Waals surface area contributed by atoms with E-state index in [2.05, 4.69) is 31.2 Å². The van der Waals surface area contributed by atoms with Crippen molar-refractivity contribution in [1.29, 1.82) is 0 Å². The predicted molar refractivity (Wildman–Crippen MR) is 65.8 cm³/mol. The van der Waals surface area contributed by atoms with Crippen LogP contribution in [0.3, 0.4) is 0 Å². The first-order chi connectivity index (χ1) is 7.60. The van der Waals surface area contributed by atoms with Crippen LogP contribution in [0.15, 0.2) is 42.5 Å². The molecule has 80 valence electrons. The van der Waals surface area contributed by atoms with Gasteiger partial charge in [0.1, 0.15) is 5.66 Å². The van der Waals surface area contributed by atoms with E-state index in [0.717, 1.165) is 22.3 Å². The third-order valence-corrected chi connectivity index (χ3v) is 3.28. The Hall–Kier alpha value is -1.64. The fourth-order valence-electron chi connectivity index (χ4n) is 2.46. The van der Waals surface area contributed by atoms with Gasteiger partial charge in [0.25, 0.3) is 0 Å². The van der Waals surface area contributed by atoms with Gasteiger partial charge in [-0.1, -0.05) is 48.0 Å². The molecule has 0 saturated heterocycles. The van der Waals surface area contributed by atoms with E-state index in [9.17, 15) is 0 Å². The van der Waals surface area contributed by atoms with Gasteiger partial charge >= 0.3 is 0 Å². The number of nitrogens with two attached hydrogens (primary N) is 2. The molecule has 1 aliphatic rings. The third-order valence-electron chi connectivity index (χ3n) is 3.28. The molecule has 3 rings (SSSR count). The molecule has 0 spiro atoms. The molecule has 0 bridgehead atoms. The van der Waals surface area contributed by atoms with E-state index < -0.39 is 5.66 Å². The summed E-state index contributed by atoms with van der Waals surface area (Å²) in [4.78, 5) is 0. The Balaban J connectivity index is 2.39. The summed E-state index contributed by atoms with van der Waals surface area (Å²) in [5, 5.41) is 0. The lowest BCUT2D eigenvalue weighted by atomic mass is 9.98. The second-order valence-electron chi connectivity index (χ2n) is 4.46. The maximum atomic E-state index is 6.25. The summed E-state index contributed by atoms with van der Waals surface area (Å²) in [6.07, 6.45) is 0. The molecule has 16 heavy (non-hydrogen) atoms. The molecular weight excluding hydrogens is 196 g/mol. The molecule has 0 unspecified atom stereocenters. The molecule has 2 aromatic carbocycles. The number of aryl methyl sites for hydroxylation is 1. The summed E-state index contributed by atoms with van der Waals surface area (Å²) in [6.45, 7) is 2.05. The molecule has 0 saturated carbocycles. The van der Waals surface area contributed by atoms with Gasteiger partial charge in [0.15, 0.2) is 0 Å². The second-order valence-corrected chi connectivity index (χ2v) is 4.46. The highest BCUT2D eigenvalue weighted by atomic mass is 15.0. The molecule has 0 atom stereocenters. The molecule has 0 fully saturated rings. The van der Waals surface area contributed by atoms with Gasteiger partial charge in [-0.15, -0.1) is 0 Å². The largest absolute Gasteiger partial charge is 0.306 e. The smallest absolute Gasteiger partial charge is 0.118 e. The Bertz CT molecular complexity index is 571. The topological polar surface area (TPSA) is 52.0 Å². The van der Waals surface area contributed by atoms with Crippen molar-refractivity contribution in [3.8, 4) is 11.1 Å². The average Bonchev–Trinajstić information content (AvgIpc) is 2.49. The van der Waals surface area contributed by atoms with Crippen LogP contribution in [0.5, 0.6) is 0 Å². The van der Waals surface area contributed by atoms with Crippen molar-refractivity contribution >= 4 is 0 Å². The van der Waals surface area contributed by atoms with E-state index in [4.69, 9.17) is 11.5 Å². The average molecular weight is 210 g/mol. The van der Waals surface area contributed by atoms with Crippen LogP contribution >= 0.6 is 0 Å². The van der Waals surface area contributed by atoms with Crippen molar-refractivity contribution in [2.75, 3.05) is 0 Å². The maximum Gasteiger partial charge on any atom is 0.118 e. The lowest BCUT2D eigenvalue weighted by molar-refractivity contribution is 0.583. The predicted octanol–water partition coefficient (Wildman–Crippen LogP) is 2.09. The number of rotatable bonds is 0. The van der Waals surface area contributed by atoms with Gasteiger partial charge in [0.05, 0.1) is 0 Å². The zero-order valence-electron chi connectivity index (χ0n) is 9.20. The van der Waals surface area contributed by atoms with Gasteiger partial charge in [-0.3, -0.25) is 0 Å². The van der Waals surface area contributed by atoms with Gasteiger partial charge in [0.2, 0.25) is 0 Å². The monoisotopic (exact) mass is 210 g/mol. The molecule has 2 heteroatoms. The highest BCUT2D eigenvalue weighted by Crippen LogP contribution is 2.43. The number of fused-ring (bicyclic) bond motifs is 3. The summed E-state index contributed by atoms with van der Waals surface area (Å²) >= 11 is 0. The van der Waals surface area contributed by atoms with Crippen molar-refractivity contribution in [1.82, 2.24) is 0 Å². The standard InChI is InChI=1S/C14H14N2/c1-9-6-7-11-10-4-2-3-5-12(10)14(15,16)13(11)8-9/h2-8H,15-16H2,1H3. The Morgan fingerprint density at radius 2 is 1.56 bits per heavy atom. The highest BCUT2D eigenvalue weighted by molar-refractivity contribution is 5.80. The van der Waals surface area contributed by atoms with Crippen LogP contribution in [0, 0.1) is 6.92 Å². The van der Waals surface area contributed by atoms with Crippen LogP contribution in [0.1, 0.15) is 16.7 Å². The number of benzene rings is 2. The quantitative estimate of drug-likeness (QED) is 0.654. The normalized spacial score (nSPS) is 15.7. The molecule has 0 radical (unpaired) electrons. The number of hydrogen-bond donors (Lipinski definition) is 2. The highest BCUT2D eigenvalue weighted by Gasteiger charge is 2.36. The van der Waals surface area contributed by atoms with Crippen molar-refractivity contribution in [3.63, 3.8) is 0 Å². The van der Waals surface area contributed by atoms with E-state index in [1.54, 1.807) is 0 Å². The summed E-state index contributed by atoms with van der Waals surface area (Å²) in [7, 11) is 0. The van der Waals surface area contributed by atoms with Crippen LogP contribution in [-0.4, -0.2) is 0 Å². The summed E-state index contributed by atoms with van der Waals surface area (Å²) < 4.78 is 0. The maximum absolute atomic E-state index is 6.25. The minimum Gasteiger partial charge on any atom is -0.306 e. The van der Waals surface area contributed by atoms with Crippen molar-refractivity contribution in [3.05, 3.63) is 59.2 Å². The van der Waals surface area contributed by atoms with Gasteiger partial charge in [-0.05, 0) is 29.2 Å². The molecule has 1 aliphatic carbocycles. The third kappa shape index (κ3) is 1.08. The first kappa shape index (κ1) is 9.58. The fourth-order valence-corrected chi connectivity index (χ4v) is 2.46. The SMILES string of the molecule is Cc1ccc2c(c1)C(N)(N)c1ccccc1-2. The first-order valence-electron chi connectivity index (χ1n) is 5.39. The second kappa shape index (κ2) is 2.94. The molecular formula is C14H14N2. The van der Waals surface area contributed by atoms with Gasteiger partial charge in [0, 0.05) is 0 Å². The van der Waals surface area contributed by atoms with Crippen LogP contribution < -0.4 is 11.5 Å². The van der Waals surface area contributed by atoms with Gasteiger partial charge in [-0.2, -0.15) is 0 Å². The van der Waals surface area contributed by atoms with Crippen molar-refractivity contribution in [2.24, 2.45) is 11.5 Å². The molecule has 0 heterocycles. The van der Waals surface area contributed by atoms with E-state index in [-0.39, 0.29) is 0 Å². The Labute approximate surface area is 94.9 Å². The lowest BCUT2D eigenvalue weighted by Crippen LogP contribution is -2.45. The molecule has 0 aliphatic heterocycles. The van der Waals surface area contributed by atoms with Crippen LogP contribution in [0.4, 0.5) is 0 Å². The van der Waals surface area contributed by atoms with Crippen LogP contribution in [-0.2, 0) is 5.66 Å². The lowest BCUT2D eigenvalue weighted by Gasteiger charge is -2.21. The van der Waals surface area contributed by atoms with E-state index in [1.165, 1.54) is 5.56 Å². The van der Waals surface area contributed by atoms with Crippen molar-refractivity contribution < 1.29 is 0 Å². The van der Waals surface area contributed by atoms with Crippen molar-refractivity contribution in [2.45, 2.75) is 12.6 Å². The first-order valence-corrected chi connectivity index (χ1v) is 5.39. The zero-order valence-corrected chi connectivity index (χ0v) is 9.20. The molecule has 0 aromatic heterocycles. The Kier molecular flexibility index (Phi) is 1.76. The summed E-state index contributed by atoms with van der Waals surface area (Å²) in [5.41, 5.74) is 17.2. The zero-order chi connectivity index (χ0) is 11.3. The van der Waals surface area contributed by atoms with Crippen LogP contribution in [0.25, 0.3) is 11.1 Å². The van der Waals surface area contributed by atoms with E-state index >= 15 is 0 Å². The Morgan fingerprint density at radius 3 is 2.38 bits per heavy atom.